The van der Waals surface area contributed by atoms with Gasteiger partial charge in [0.2, 0.25) is 5.91 Å². The molecule has 1 aliphatic heterocycles. The first-order valence-corrected chi connectivity index (χ1v) is 6.89. The lowest BCUT2D eigenvalue weighted by molar-refractivity contribution is -0.125. The molecule has 0 bridgehead atoms. The van der Waals surface area contributed by atoms with Crippen molar-refractivity contribution >= 4 is 12.0 Å². The molecule has 1 fully saturated rings. The predicted molar refractivity (Wildman–Crippen MR) is 80.6 cm³/mol. The minimum Gasteiger partial charge on any atom is -0.493 e. The third-order valence-electron chi connectivity index (χ3n) is 3.62. The summed E-state index contributed by atoms with van der Waals surface area (Å²) in [5.41, 5.74) is 0.892. The molecule has 5 heteroatoms. The lowest BCUT2D eigenvalue weighted by Gasteiger charge is -2.13. The molecule has 1 unspecified atom stereocenters. The second-order valence-corrected chi connectivity index (χ2v) is 4.88. The van der Waals surface area contributed by atoms with Crippen LogP contribution < -0.4 is 9.47 Å². The van der Waals surface area contributed by atoms with Crippen LogP contribution in [0.3, 0.4) is 0 Å². The first-order valence-electron chi connectivity index (χ1n) is 6.89. The Morgan fingerprint density at radius 2 is 2.00 bits per heavy atom. The highest BCUT2D eigenvalue weighted by molar-refractivity contribution is 5.92. The van der Waals surface area contributed by atoms with Gasteiger partial charge < -0.3 is 19.1 Å². The maximum atomic E-state index is 12.1. The van der Waals surface area contributed by atoms with E-state index in [1.807, 2.05) is 18.2 Å². The van der Waals surface area contributed by atoms with Crippen LogP contribution in [0.25, 0.3) is 6.08 Å². The molecule has 0 spiro atoms. The Morgan fingerprint density at radius 1 is 1.24 bits per heavy atom. The maximum Gasteiger partial charge on any atom is 0.246 e. The van der Waals surface area contributed by atoms with Gasteiger partial charge in [-0.1, -0.05) is 6.07 Å². The van der Waals surface area contributed by atoms with Crippen LogP contribution >= 0.6 is 0 Å². The highest BCUT2D eigenvalue weighted by Gasteiger charge is 2.24. The van der Waals surface area contributed by atoms with Crippen molar-refractivity contribution in [2.24, 2.45) is 0 Å². The monoisotopic (exact) mass is 291 g/mol. The molecule has 1 aliphatic rings. The molecule has 21 heavy (non-hydrogen) atoms. The van der Waals surface area contributed by atoms with Gasteiger partial charge in [-0.3, -0.25) is 4.79 Å². The topological polar surface area (TPSA) is 48.0 Å². The van der Waals surface area contributed by atoms with Gasteiger partial charge in [-0.15, -0.1) is 0 Å². The number of nitrogens with zero attached hydrogens (tertiary/aromatic N) is 1. The van der Waals surface area contributed by atoms with Gasteiger partial charge in [0.1, 0.15) is 0 Å². The average molecular weight is 291 g/mol. The lowest BCUT2D eigenvalue weighted by atomic mass is 10.2. The molecule has 1 amide bonds. The fraction of sp³-hybridized carbons (Fsp3) is 0.438. The van der Waals surface area contributed by atoms with Crippen LogP contribution in [0.1, 0.15) is 12.0 Å². The Labute approximate surface area is 125 Å². The molecule has 0 aromatic heterocycles. The Morgan fingerprint density at radius 3 is 2.62 bits per heavy atom. The van der Waals surface area contributed by atoms with E-state index < -0.39 is 0 Å². The molecular weight excluding hydrogens is 270 g/mol. The van der Waals surface area contributed by atoms with Gasteiger partial charge in [-0.25, -0.2) is 0 Å². The normalized spacial score (nSPS) is 18.2. The molecule has 0 radical (unpaired) electrons. The highest BCUT2D eigenvalue weighted by atomic mass is 16.5. The van der Waals surface area contributed by atoms with Crippen molar-refractivity contribution in [3.05, 3.63) is 29.8 Å². The van der Waals surface area contributed by atoms with Gasteiger partial charge >= 0.3 is 0 Å². The molecular formula is C16H21NO4. The third kappa shape index (κ3) is 3.76. The second-order valence-electron chi connectivity index (χ2n) is 4.88. The minimum absolute atomic E-state index is 0.00401. The molecule has 5 nitrogen and oxygen atoms in total. The van der Waals surface area contributed by atoms with Crippen molar-refractivity contribution in [3.8, 4) is 11.5 Å². The van der Waals surface area contributed by atoms with Crippen molar-refractivity contribution in [3.63, 3.8) is 0 Å². The van der Waals surface area contributed by atoms with E-state index >= 15 is 0 Å². The predicted octanol–water partition coefficient (Wildman–Crippen LogP) is 1.96. The second kappa shape index (κ2) is 7.13. The van der Waals surface area contributed by atoms with Crippen LogP contribution in [-0.2, 0) is 9.53 Å². The zero-order chi connectivity index (χ0) is 15.2. The smallest absolute Gasteiger partial charge is 0.246 e. The summed E-state index contributed by atoms with van der Waals surface area (Å²) in [6, 6.07) is 5.54. The van der Waals surface area contributed by atoms with Crippen LogP contribution in [0.5, 0.6) is 11.5 Å². The summed E-state index contributed by atoms with van der Waals surface area (Å²) in [6.07, 6.45) is 4.42. The zero-order valence-electron chi connectivity index (χ0n) is 12.7. The molecule has 1 heterocycles. The first-order chi connectivity index (χ1) is 10.2. The SMILES string of the molecule is COc1ccc(/C=C/C(=O)N2CCC(OC)C2)cc1OC. The van der Waals surface area contributed by atoms with Crippen LogP contribution in [0.4, 0.5) is 0 Å². The van der Waals surface area contributed by atoms with Gasteiger partial charge in [-0.2, -0.15) is 0 Å². The number of hydrogen-bond acceptors (Lipinski definition) is 4. The Balaban J connectivity index is 2.02. The number of carbonyl (C=O) groups excluding carboxylic acids is 1. The minimum atomic E-state index is 0.00401. The van der Waals surface area contributed by atoms with E-state index in [0.29, 0.717) is 18.0 Å². The number of carbonyl (C=O) groups is 1. The summed E-state index contributed by atoms with van der Waals surface area (Å²) in [5.74, 6) is 1.32. The van der Waals surface area contributed by atoms with E-state index in [1.54, 1.807) is 38.4 Å². The number of hydrogen-bond donors (Lipinski definition) is 0. The van der Waals surface area contributed by atoms with Crippen molar-refractivity contribution in [2.75, 3.05) is 34.4 Å². The summed E-state index contributed by atoms with van der Waals surface area (Å²) in [6.45, 7) is 1.40. The summed E-state index contributed by atoms with van der Waals surface area (Å²) in [5, 5.41) is 0. The summed E-state index contributed by atoms with van der Waals surface area (Å²) >= 11 is 0. The number of ether oxygens (including phenoxy) is 3. The number of amides is 1. The first kappa shape index (κ1) is 15.4. The maximum absolute atomic E-state index is 12.1. The van der Waals surface area contributed by atoms with Gasteiger partial charge in [0.15, 0.2) is 11.5 Å². The molecule has 114 valence electrons. The van der Waals surface area contributed by atoms with Crippen LogP contribution in [0.2, 0.25) is 0 Å². The van der Waals surface area contributed by atoms with E-state index in [4.69, 9.17) is 14.2 Å². The Hall–Kier alpha value is -2.01. The zero-order valence-corrected chi connectivity index (χ0v) is 12.7. The van der Waals surface area contributed by atoms with Crippen molar-refractivity contribution in [2.45, 2.75) is 12.5 Å². The van der Waals surface area contributed by atoms with E-state index in [1.165, 1.54) is 0 Å². The van der Waals surface area contributed by atoms with Crippen molar-refractivity contribution in [1.82, 2.24) is 4.90 Å². The number of likely N-dealkylation sites (tertiary alicyclic amines) is 1. The fourth-order valence-corrected chi connectivity index (χ4v) is 2.35. The van der Waals surface area contributed by atoms with Gasteiger partial charge in [0.05, 0.1) is 20.3 Å². The fourth-order valence-electron chi connectivity index (χ4n) is 2.35. The lowest BCUT2D eigenvalue weighted by Crippen LogP contribution is -2.28. The van der Waals surface area contributed by atoms with Gasteiger partial charge in [0, 0.05) is 26.3 Å². The van der Waals surface area contributed by atoms with E-state index in [2.05, 4.69) is 0 Å². The van der Waals surface area contributed by atoms with E-state index in [9.17, 15) is 4.79 Å². The molecule has 0 saturated carbocycles. The van der Waals surface area contributed by atoms with Crippen LogP contribution in [0.15, 0.2) is 24.3 Å². The van der Waals surface area contributed by atoms with E-state index in [0.717, 1.165) is 18.5 Å². The molecule has 1 aromatic carbocycles. The molecule has 1 aromatic rings. The van der Waals surface area contributed by atoms with Gasteiger partial charge in [0.25, 0.3) is 0 Å². The quantitative estimate of drug-likeness (QED) is 0.778. The van der Waals surface area contributed by atoms with Crippen molar-refractivity contribution in [1.29, 1.82) is 0 Å². The van der Waals surface area contributed by atoms with Crippen LogP contribution in [-0.4, -0.2) is 51.3 Å². The molecule has 0 aliphatic carbocycles. The molecule has 0 N–H and O–H groups in total. The Bertz CT molecular complexity index is 527. The molecule has 1 atom stereocenters. The Kier molecular flexibility index (Phi) is 5.22. The van der Waals surface area contributed by atoms with Crippen LogP contribution in [0, 0.1) is 0 Å². The molecule has 1 saturated heterocycles. The van der Waals surface area contributed by atoms with E-state index in [-0.39, 0.29) is 12.0 Å². The standard InChI is InChI=1S/C16H21NO4/c1-19-13-8-9-17(11-13)16(18)7-5-12-4-6-14(20-2)15(10-12)21-3/h4-7,10,13H,8-9,11H2,1-3H3/b7-5+. The molecule has 2 rings (SSSR count). The third-order valence-corrected chi connectivity index (χ3v) is 3.62. The summed E-state index contributed by atoms with van der Waals surface area (Å²) < 4.78 is 15.7. The summed E-state index contributed by atoms with van der Waals surface area (Å²) in [7, 11) is 4.86. The average Bonchev–Trinajstić information content (AvgIpc) is 3.01. The number of rotatable bonds is 5. The summed E-state index contributed by atoms with van der Waals surface area (Å²) in [4.78, 5) is 13.9. The van der Waals surface area contributed by atoms with Gasteiger partial charge in [-0.05, 0) is 30.2 Å². The number of methoxy groups -OCH3 is 3. The largest absolute Gasteiger partial charge is 0.493 e. The number of benzene rings is 1. The highest BCUT2D eigenvalue weighted by Crippen LogP contribution is 2.28. The van der Waals surface area contributed by atoms with Crippen molar-refractivity contribution < 1.29 is 19.0 Å².